The second-order valence-corrected chi connectivity index (χ2v) is 15.0. The monoisotopic (exact) mass is 841 g/mol. The molecule has 0 aliphatic rings. The SMILES string of the molecule is C/C=C\c1cc(N(c2ccc(C#N)cc2)c2ccc3ccc4c(N(c5ccc(C#N)cc5)c5ccc6ccccc6c5)ccc5ccc2c3c54)ccc1C.C=C(C)C#N.C=CC=C.CC. The zero-order valence-electron chi connectivity index (χ0n) is 37.7. The van der Waals surface area contributed by atoms with E-state index in [1.54, 1.807) is 19.1 Å². The number of hydrogen-bond acceptors (Lipinski definition) is 5. The molecule has 0 amide bonds. The molecule has 0 aliphatic carbocycles. The van der Waals surface area contributed by atoms with Crippen molar-refractivity contribution in [2.75, 3.05) is 9.80 Å². The van der Waals surface area contributed by atoms with Gasteiger partial charge < -0.3 is 9.80 Å². The van der Waals surface area contributed by atoms with E-state index in [1.165, 1.54) is 21.7 Å². The van der Waals surface area contributed by atoms with Crippen LogP contribution in [0.25, 0.3) is 49.2 Å². The predicted octanol–water partition coefficient (Wildman–Crippen LogP) is 17.2. The minimum Gasteiger partial charge on any atom is -0.310 e. The minimum atomic E-state index is 0.560. The van der Waals surface area contributed by atoms with E-state index in [4.69, 9.17) is 5.26 Å². The summed E-state index contributed by atoms with van der Waals surface area (Å²) in [4.78, 5) is 4.61. The third kappa shape index (κ3) is 9.85. The zero-order chi connectivity index (χ0) is 46.5. The van der Waals surface area contributed by atoms with E-state index >= 15 is 0 Å². The summed E-state index contributed by atoms with van der Waals surface area (Å²) in [6.45, 7) is 19.9. The van der Waals surface area contributed by atoms with Crippen LogP contribution in [0.5, 0.6) is 0 Å². The van der Waals surface area contributed by atoms with Crippen molar-refractivity contribution < 1.29 is 0 Å². The van der Waals surface area contributed by atoms with Gasteiger partial charge in [0.15, 0.2) is 0 Å². The fourth-order valence-electron chi connectivity index (χ4n) is 7.83. The van der Waals surface area contributed by atoms with Crippen LogP contribution in [0.1, 0.15) is 49.9 Å². The normalized spacial score (nSPS) is 10.3. The Hall–Kier alpha value is -8.69. The van der Waals surface area contributed by atoms with Crippen molar-refractivity contribution in [3.8, 4) is 18.2 Å². The number of benzene rings is 9. The molecule has 316 valence electrons. The lowest BCUT2D eigenvalue weighted by molar-refractivity contribution is 1.28. The molecule has 5 heteroatoms. The Kier molecular flexibility index (Phi) is 15.1. The standard InChI is InChI=1S/C50H34N4.C4H5N.C4H6.C2H6/c1-3-6-39-29-43(19-9-33(39)2)53(41-20-10-34(31-51)11-21-41)47-27-17-37-16-26-46-48(28-18-38-15-25-45(47)49(37)50(38)46)54(42-22-12-35(32-52)13-23-42)44-24-14-36-7-4-5-8-40(36)30-44;1-4(2)3-5;1-3-4-2;1-2/h3-30H,1-2H3;1H2,2H3;3-4H,1-2H2;1-2H3/b6-3-;;;. The summed E-state index contributed by atoms with van der Waals surface area (Å²) in [6.07, 6.45) is 7.50. The maximum absolute atomic E-state index is 9.62. The first kappa shape index (κ1) is 45.8. The number of fused-ring (bicyclic) bond motifs is 1. The molecule has 0 bridgehead atoms. The van der Waals surface area contributed by atoms with Crippen LogP contribution in [0.15, 0.2) is 201 Å². The average Bonchev–Trinajstić information content (AvgIpc) is 3.36. The first-order chi connectivity index (χ1) is 31.7. The molecule has 0 saturated carbocycles. The Morgan fingerprint density at radius 2 is 0.938 bits per heavy atom. The molecular formula is C60H51N5. The van der Waals surface area contributed by atoms with Crippen molar-refractivity contribution in [1.82, 2.24) is 0 Å². The number of nitrogens with zero attached hydrogens (tertiary/aromatic N) is 5. The fraction of sp³-hybridized carbons (Fsp3) is 0.0833. The van der Waals surface area contributed by atoms with Crippen LogP contribution in [0.3, 0.4) is 0 Å². The number of aryl methyl sites for hydroxylation is 1. The molecule has 9 aromatic rings. The molecule has 5 nitrogen and oxygen atoms in total. The van der Waals surface area contributed by atoms with Crippen LogP contribution < -0.4 is 9.80 Å². The van der Waals surface area contributed by atoms with Crippen molar-refractivity contribution in [1.29, 1.82) is 15.8 Å². The molecule has 0 unspecified atom stereocenters. The highest BCUT2D eigenvalue weighted by Gasteiger charge is 2.22. The summed E-state index contributed by atoms with van der Waals surface area (Å²) >= 11 is 0. The van der Waals surface area contributed by atoms with Gasteiger partial charge in [0.05, 0.1) is 40.7 Å². The minimum absolute atomic E-state index is 0.560. The van der Waals surface area contributed by atoms with Crippen LogP contribution in [-0.4, -0.2) is 0 Å². The maximum atomic E-state index is 9.62. The first-order valence-electron chi connectivity index (χ1n) is 21.6. The Balaban J connectivity index is 0.000000577. The topological polar surface area (TPSA) is 77.8 Å². The molecule has 65 heavy (non-hydrogen) atoms. The molecule has 9 aromatic carbocycles. The van der Waals surface area contributed by atoms with Crippen molar-refractivity contribution in [2.45, 2.75) is 34.6 Å². The van der Waals surface area contributed by atoms with E-state index in [0.29, 0.717) is 16.7 Å². The van der Waals surface area contributed by atoms with E-state index in [-0.39, 0.29) is 0 Å². The quantitative estimate of drug-likeness (QED) is 0.0865. The Bertz CT molecular complexity index is 3290. The molecule has 9 rings (SSSR count). The lowest BCUT2D eigenvalue weighted by atomic mass is 9.91. The second-order valence-electron chi connectivity index (χ2n) is 15.0. The van der Waals surface area contributed by atoms with Crippen molar-refractivity contribution in [3.63, 3.8) is 0 Å². The summed E-state index contributed by atoms with van der Waals surface area (Å²) in [5.74, 6) is 0. The molecule has 0 N–H and O–H groups in total. The summed E-state index contributed by atoms with van der Waals surface area (Å²) in [7, 11) is 0. The van der Waals surface area contributed by atoms with Gasteiger partial charge in [-0.1, -0.05) is 131 Å². The molecule has 0 aliphatic heterocycles. The summed E-state index contributed by atoms with van der Waals surface area (Å²) in [6, 6.07) is 61.5. The summed E-state index contributed by atoms with van der Waals surface area (Å²) < 4.78 is 0. The van der Waals surface area contributed by atoms with Crippen molar-refractivity contribution in [3.05, 3.63) is 224 Å². The van der Waals surface area contributed by atoms with E-state index < -0.39 is 0 Å². The number of hydrogen-bond donors (Lipinski definition) is 0. The highest BCUT2D eigenvalue weighted by atomic mass is 15.1. The highest BCUT2D eigenvalue weighted by Crippen LogP contribution is 2.48. The predicted molar refractivity (Wildman–Crippen MR) is 278 cm³/mol. The third-order valence-corrected chi connectivity index (χ3v) is 10.8. The molecule has 0 aromatic heterocycles. The Morgan fingerprint density at radius 3 is 1.38 bits per heavy atom. The fourth-order valence-corrected chi connectivity index (χ4v) is 7.83. The van der Waals surface area contributed by atoms with Crippen LogP contribution >= 0.6 is 0 Å². The maximum Gasteiger partial charge on any atom is 0.0991 e. The van der Waals surface area contributed by atoms with Crippen LogP contribution in [0, 0.1) is 40.9 Å². The lowest BCUT2D eigenvalue weighted by Gasteiger charge is -2.29. The van der Waals surface area contributed by atoms with E-state index in [2.05, 4.69) is 170 Å². The molecular weight excluding hydrogens is 791 g/mol. The van der Waals surface area contributed by atoms with Crippen LogP contribution in [0.2, 0.25) is 0 Å². The van der Waals surface area contributed by atoms with Crippen molar-refractivity contribution in [2.24, 2.45) is 0 Å². The Labute approximate surface area is 383 Å². The molecule has 0 spiro atoms. The first-order valence-corrected chi connectivity index (χ1v) is 21.6. The van der Waals surface area contributed by atoms with Crippen LogP contribution in [-0.2, 0) is 0 Å². The largest absolute Gasteiger partial charge is 0.310 e. The second kappa shape index (κ2) is 21.4. The molecule has 0 fully saturated rings. The summed E-state index contributed by atoms with van der Waals surface area (Å²) in [5.41, 5.74) is 10.3. The van der Waals surface area contributed by atoms with Gasteiger partial charge in [-0.2, -0.15) is 15.8 Å². The van der Waals surface area contributed by atoms with E-state index in [9.17, 15) is 10.5 Å². The van der Waals surface area contributed by atoms with E-state index in [0.717, 1.165) is 66.6 Å². The summed E-state index contributed by atoms with van der Waals surface area (Å²) in [5, 5.41) is 36.4. The van der Waals surface area contributed by atoms with Crippen LogP contribution in [0.4, 0.5) is 34.1 Å². The van der Waals surface area contributed by atoms with Gasteiger partial charge in [0.1, 0.15) is 0 Å². The third-order valence-electron chi connectivity index (χ3n) is 10.8. The van der Waals surface area contributed by atoms with Gasteiger partial charge in [-0.15, -0.1) is 0 Å². The van der Waals surface area contributed by atoms with Gasteiger partial charge >= 0.3 is 0 Å². The van der Waals surface area contributed by atoms with Gasteiger partial charge in [-0.25, -0.2) is 0 Å². The van der Waals surface area contributed by atoms with Gasteiger partial charge in [-0.3, -0.25) is 0 Å². The molecule has 0 radical (unpaired) electrons. The Morgan fingerprint density at radius 1 is 0.523 bits per heavy atom. The van der Waals surface area contributed by atoms with Crippen molar-refractivity contribution >= 4 is 83.3 Å². The molecule has 0 heterocycles. The number of anilines is 6. The highest BCUT2D eigenvalue weighted by molar-refractivity contribution is 6.28. The average molecular weight is 842 g/mol. The lowest BCUT2D eigenvalue weighted by Crippen LogP contribution is -2.12. The number of rotatable bonds is 8. The van der Waals surface area contributed by atoms with Gasteiger partial charge in [0.2, 0.25) is 0 Å². The van der Waals surface area contributed by atoms with E-state index in [1.807, 2.05) is 75.4 Å². The van der Waals surface area contributed by atoms with Gasteiger partial charge in [0, 0.05) is 39.1 Å². The van der Waals surface area contributed by atoms with Gasteiger partial charge in [-0.05, 0) is 149 Å². The number of nitriles is 3. The molecule has 0 atom stereocenters. The number of allylic oxidation sites excluding steroid dienone is 4. The zero-order valence-corrected chi connectivity index (χ0v) is 37.7. The van der Waals surface area contributed by atoms with Gasteiger partial charge in [0.25, 0.3) is 0 Å². The molecule has 0 saturated heterocycles. The smallest absolute Gasteiger partial charge is 0.0991 e.